The van der Waals surface area contributed by atoms with Gasteiger partial charge in [-0.15, -0.1) is 5.10 Å². The molecule has 0 aromatic carbocycles. The number of fused-ring (bicyclic) bond motifs is 1. The van der Waals surface area contributed by atoms with E-state index in [1.807, 2.05) is 29.4 Å². The van der Waals surface area contributed by atoms with Crippen molar-refractivity contribution in [3.05, 3.63) is 29.6 Å². The Morgan fingerprint density at radius 1 is 1.50 bits per heavy atom. The fraction of sp³-hybridized carbons (Fsp3) is 0.571. The van der Waals surface area contributed by atoms with Crippen molar-refractivity contribution in [1.29, 1.82) is 0 Å². The highest BCUT2D eigenvalue weighted by Gasteiger charge is 2.38. The quantitative estimate of drug-likeness (QED) is 0.806. The van der Waals surface area contributed by atoms with Gasteiger partial charge in [-0.25, -0.2) is 14.5 Å². The van der Waals surface area contributed by atoms with E-state index >= 15 is 0 Å². The van der Waals surface area contributed by atoms with Crippen molar-refractivity contribution < 1.29 is 27.8 Å². The number of carboxylic acid groups (broad SMARTS) is 1. The SMILES string of the molecule is Cc1nnn2c1COC(CNCc1nccn1C)C2.O=C(O)C(F)(F)F. The van der Waals surface area contributed by atoms with E-state index in [1.165, 1.54) is 0 Å². The summed E-state index contributed by atoms with van der Waals surface area (Å²) in [5.41, 5.74) is 2.04. The highest BCUT2D eigenvalue weighted by atomic mass is 19.4. The molecular weight excluding hydrogens is 357 g/mol. The van der Waals surface area contributed by atoms with Crippen LogP contribution >= 0.6 is 0 Å². The van der Waals surface area contributed by atoms with Crippen LogP contribution in [0.2, 0.25) is 0 Å². The Labute approximate surface area is 146 Å². The molecule has 0 amide bonds. The first kappa shape index (κ1) is 19.8. The molecule has 0 saturated heterocycles. The van der Waals surface area contributed by atoms with Gasteiger partial charge in [0.2, 0.25) is 0 Å². The number of nitrogens with one attached hydrogen (secondary N) is 1. The molecule has 2 aromatic heterocycles. The number of carbonyl (C=O) groups is 1. The summed E-state index contributed by atoms with van der Waals surface area (Å²) in [6, 6.07) is 0. The molecule has 0 saturated carbocycles. The molecule has 0 fully saturated rings. The van der Waals surface area contributed by atoms with Gasteiger partial charge in [0, 0.05) is 26.0 Å². The van der Waals surface area contributed by atoms with Gasteiger partial charge in [0.05, 0.1) is 37.2 Å². The second kappa shape index (κ2) is 8.27. The number of alkyl halides is 3. The normalized spacial score (nSPS) is 16.6. The number of aromatic nitrogens is 5. The molecule has 3 rings (SSSR count). The van der Waals surface area contributed by atoms with E-state index in [4.69, 9.17) is 14.6 Å². The smallest absolute Gasteiger partial charge is 0.475 e. The predicted molar refractivity (Wildman–Crippen MR) is 81.9 cm³/mol. The second-order valence-corrected chi connectivity index (χ2v) is 5.62. The second-order valence-electron chi connectivity index (χ2n) is 5.62. The Bertz CT molecular complexity index is 743. The fourth-order valence-electron chi connectivity index (χ4n) is 2.22. The van der Waals surface area contributed by atoms with E-state index in [0.717, 1.165) is 36.8 Å². The number of ether oxygens (including phenoxy) is 1. The van der Waals surface area contributed by atoms with Crippen LogP contribution < -0.4 is 5.32 Å². The largest absolute Gasteiger partial charge is 0.490 e. The molecule has 1 unspecified atom stereocenters. The molecule has 0 spiro atoms. The Kier molecular flexibility index (Phi) is 6.32. The van der Waals surface area contributed by atoms with Gasteiger partial charge in [-0.3, -0.25) is 0 Å². The lowest BCUT2D eigenvalue weighted by Gasteiger charge is -2.24. The first-order valence-corrected chi connectivity index (χ1v) is 7.66. The number of aryl methyl sites for hydroxylation is 2. The van der Waals surface area contributed by atoms with E-state index in [9.17, 15) is 13.2 Å². The van der Waals surface area contributed by atoms with Crippen LogP contribution in [0.15, 0.2) is 12.4 Å². The first-order valence-electron chi connectivity index (χ1n) is 7.66. The Morgan fingerprint density at radius 2 is 2.19 bits per heavy atom. The van der Waals surface area contributed by atoms with E-state index in [0.29, 0.717) is 6.61 Å². The van der Waals surface area contributed by atoms with Gasteiger partial charge in [0.25, 0.3) is 0 Å². The Balaban J connectivity index is 0.000000298. The van der Waals surface area contributed by atoms with Crippen LogP contribution in [0.5, 0.6) is 0 Å². The standard InChI is InChI=1S/C12H18N6O.C2HF3O2/c1-9-11-8-19-10(7-18(11)16-15-9)5-13-6-12-14-3-4-17(12)2;3-2(4,5)1(6)7/h3-4,10,13H,5-8H2,1-2H3;(H,6,7). The number of aliphatic carboxylic acids is 1. The van der Waals surface area contributed by atoms with Crippen molar-refractivity contribution in [1.82, 2.24) is 29.9 Å². The number of hydrogen-bond donors (Lipinski definition) is 2. The summed E-state index contributed by atoms with van der Waals surface area (Å²) in [6.07, 6.45) is -1.20. The van der Waals surface area contributed by atoms with Crippen molar-refractivity contribution in [3.8, 4) is 0 Å². The molecule has 2 aromatic rings. The average Bonchev–Trinajstić information content (AvgIpc) is 3.13. The summed E-state index contributed by atoms with van der Waals surface area (Å²) in [5, 5.41) is 18.7. The van der Waals surface area contributed by atoms with Crippen LogP contribution in [0.4, 0.5) is 13.2 Å². The molecule has 144 valence electrons. The molecule has 1 atom stereocenters. The molecule has 0 aliphatic carbocycles. The molecule has 12 heteroatoms. The van der Waals surface area contributed by atoms with Gasteiger partial charge in [-0.05, 0) is 6.92 Å². The van der Waals surface area contributed by atoms with Crippen molar-refractivity contribution in [2.45, 2.75) is 38.9 Å². The zero-order valence-corrected chi connectivity index (χ0v) is 14.2. The van der Waals surface area contributed by atoms with Gasteiger partial charge in [-0.1, -0.05) is 5.21 Å². The van der Waals surface area contributed by atoms with Crippen LogP contribution in [0.25, 0.3) is 0 Å². The van der Waals surface area contributed by atoms with Crippen LogP contribution in [0, 0.1) is 6.92 Å². The fourth-order valence-corrected chi connectivity index (χ4v) is 2.22. The summed E-state index contributed by atoms with van der Waals surface area (Å²) in [7, 11) is 1.99. The third-order valence-corrected chi connectivity index (χ3v) is 3.68. The molecule has 9 nitrogen and oxygen atoms in total. The van der Waals surface area contributed by atoms with E-state index in [2.05, 4.69) is 20.6 Å². The molecule has 0 bridgehead atoms. The van der Waals surface area contributed by atoms with E-state index < -0.39 is 12.1 Å². The Hall–Kier alpha value is -2.47. The van der Waals surface area contributed by atoms with Crippen LogP contribution in [-0.4, -0.2) is 54.4 Å². The van der Waals surface area contributed by atoms with Crippen LogP contribution in [0.3, 0.4) is 0 Å². The molecular formula is C14H19F3N6O3. The van der Waals surface area contributed by atoms with Crippen molar-refractivity contribution in [3.63, 3.8) is 0 Å². The van der Waals surface area contributed by atoms with Crippen LogP contribution in [-0.2, 0) is 36.3 Å². The molecule has 1 aliphatic heterocycles. The highest BCUT2D eigenvalue weighted by molar-refractivity contribution is 5.73. The minimum absolute atomic E-state index is 0.133. The zero-order valence-electron chi connectivity index (χ0n) is 14.2. The number of carboxylic acids is 1. The van der Waals surface area contributed by atoms with E-state index in [-0.39, 0.29) is 6.10 Å². The third kappa shape index (κ3) is 5.26. The van der Waals surface area contributed by atoms with Gasteiger partial charge >= 0.3 is 12.1 Å². The number of nitrogens with zero attached hydrogens (tertiary/aromatic N) is 5. The summed E-state index contributed by atoms with van der Waals surface area (Å²) in [5.74, 6) is -1.74. The summed E-state index contributed by atoms with van der Waals surface area (Å²) in [4.78, 5) is 13.2. The molecule has 3 heterocycles. The zero-order chi connectivity index (χ0) is 19.3. The van der Waals surface area contributed by atoms with Gasteiger partial charge in [-0.2, -0.15) is 13.2 Å². The minimum atomic E-state index is -5.08. The van der Waals surface area contributed by atoms with Gasteiger partial charge in [0.1, 0.15) is 5.82 Å². The number of rotatable bonds is 4. The van der Waals surface area contributed by atoms with Gasteiger partial charge < -0.3 is 19.7 Å². The summed E-state index contributed by atoms with van der Waals surface area (Å²) >= 11 is 0. The Morgan fingerprint density at radius 3 is 2.77 bits per heavy atom. The molecule has 26 heavy (non-hydrogen) atoms. The maximum absolute atomic E-state index is 10.6. The van der Waals surface area contributed by atoms with Gasteiger partial charge in [0.15, 0.2) is 0 Å². The maximum Gasteiger partial charge on any atom is 0.490 e. The molecule has 2 N–H and O–H groups in total. The monoisotopic (exact) mass is 376 g/mol. The number of halogens is 3. The molecule has 1 aliphatic rings. The first-order chi connectivity index (χ1) is 12.2. The molecule has 0 radical (unpaired) electrons. The average molecular weight is 376 g/mol. The predicted octanol–water partition coefficient (Wildman–Crippen LogP) is 0.642. The lowest BCUT2D eigenvalue weighted by atomic mass is 10.2. The van der Waals surface area contributed by atoms with Crippen molar-refractivity contribution >= 4 is 5.97 Å². The lowest BCUT2D eigenvalue weighted by Crippen LogP contribution is -2.36. The number of hydrogen-bond acceptors (Lipinski definition) is 6. The number of imidazole rings is 1. The van der Waals surface area contributed by atoms with Crippen molar-refractivity contribution in [2.75, 3.05) is 6.54 Å². The lowest BCUT2D eigenvalue weighted by molar-refractivity contribution is -0.192. The van der Waals surface area contributed by atoms with Crippen LogP contribution in [0.1, 0.15) is 17.2 Å². The van der Waals surface area contributed by atoms with E-state index in [1.54, 1.807) is 6.20 Å². The maximum atomic E-state index is 10.6. The third-order valence-electron chi connectivity index (χ3n) is 3.68. The summed E-state index contributed by atoms with van der Waals surface area (Å²) in [6.45, 7) is 4.83. The highest BCUT2D eigenvalue weighted by Crippen LogP contribution is 2.14. The van der Waals surface area contributed by atoms with Crippen molar-refractivity contribution in [2.24, 2.45) is 7.05 Å². The minimum Gasteiger partial charge on any atom is -0.475 e. The topological polar surface area (TPSA) is 107 Å². The summed E-state index contributed by atoms with van der Waals surface area (Å²) < 4.78 is 41.5.